The van der Waals surface area contributed by atoms with Gasteiger partial charge in [-0.1, -0.05) is 6.92 Å². The summed E-state index contributed by atoms with van der Waals surface area (Å²) in [4.78, 5) is 22.9. The summed E-state index contributed by atoms with van der Waals surface area (Å²) in [5.74, 6) is -1.54. The van der Waals surface area contributed by atoms with Gasteiger partial charge in [0.25, 0.3) is 5.91 Å². The Morgan fingerprint density at radius 1 is 1.03 bits per heavy atom. The summed E-state index contributed by atoms with van der Waals surface area (Å²) in [5, 5.41) is 0. The van der Waals surface area contributed by atoms with Crippen LogP contribution in [0, 0.1) is 5.82 Å². The number of alkyl halides is 3. The molecule has 0 saturated heterocycles. The first-order chi connectivity index (χ1) is 14.6. The maximum Gasteiger partial charge on any atom is 0.416 e. The number of benzene rings is 1. The van der Waals surface area contributed by atoms with E-state index < -0.39 is 23.5 Å². The first-order valence-corrected chi connectivity index (χ1v) is 9.72. The number of halogens is 4. The molecule has 1 aliphatic rings. The van der Waals surface area contributed by atoms with Gasteiger partial charge in [-0.05, 0) is 59.5 Å². The molecule has 0 saturated carbocycles. The summed E-state index contributed by atoms with van der Waals surface area (Å²) in [5.41, 5.74) is 2.32. The minimum Gasteiger partial charge on any atom is -0.341 e. The number of rotatable bonds is 3. The lowest BCUT2D eigenvalue weighted by atomic mass is 9.90. The summed E-state index contributed by atoms with van der Waals surface area (Å²) in [6.07, 6.45) is -0.915. The van der Waals surface area contributed by atoms with Crippen LogP contribution in [0.4, 0.5) is 17.6 Å². The molecule has 8 heteroatoms. The maximum absolute atomic E-state index is 13.9. The van der Waals surface area contributed by atoms with Crippen LogP contribution in [0.15, 0.2) is 48.8 Å². The minimum atomic E-state index is -4.63. The van der Waals surface area contributed by atoms with E-state index in [9.17, 15) is 22.4 Å². The molecular weight excluding hydrogens is 410 g/mol. The highest BCUT2D eigenvalue weighted by Gasteiger charge is 2.32. The lowest BCUT2D eigenvalue weighted by molar-refractivity contribution is -0.137. The number of hydrogen-bond acceptors (Lipinski definition) is 3. The third kappa shape index (κ3) is 4.02. The number of fused-ring (bicyclic) bond motifs is 1. The second kappa shape index (κ2) is 7.76. The van der Waals surface area contributed by atoms with E-state index in [0.717, 1.165) is 17.7 Å². The summed E-state index contributed by atoms with van der Waals surface area (Å²) in [7, 11) is 1.74. The molecule has 3 aromatic rings. The van der Waals surface area contributed by atoms with Gasteiger partial charge in [0.15, 0.2) is 0 Å². The Bertz CT molecular complexity index is 1160. The van der Waals surface area contributed by atoms with Gasteiger partial charge in [-0.25, -0.2) is 4.39 Å². The minimum absolute atomic E-state index is 0.0890. The van der Waals surface area contributed by atoms with Gasteiger partial charge in [0.2, 0.25) is 0 Å². The van der Waals surface area contributed by atoms with E-state index in [2.05, 4.69) is 9.97 Å². The van der Waals surface area contributed by atoms with Gasteiger partial charge >= 0.3 is 6.18 Å². The largest absolute Gasteiger partial charge is 0.416 e. The van der Waals surface area contributed by atoms with Crippen LogP contribution in [0.2, 0.25) is 0 Å². The Morgan fingerprint density at radius 3 is 2.52 bits per heavy atom. The van der Waals surface area contributed by atoms with E-state index in [1.54, 1.807) is 49.5 Å². The van der Waals surface area contributed by atoms with Gasteiger partial charge in [-0.3, -0.25) is 14.8 Å². The quantitative estimate of drug-likeness (QED) is 0.546. The first-order valence-electron chi connectivity index (χ1n) is 9.72. The van der Waals surface area contributed by atoms with E-state index in [-0.39, 0.29) is 11.5 Å². The second-order valence-electron chi connectivity index (χ2n) is 7.63. The summed E-state index contributed by atoms with van der Waals surface area (Å²) in [6, 6.07) is 7.65. The monoisotopic (exact) mass is 429 g/mol. The molecule has 1 atom stereocenters. The van der Waals surface area contributed by atoms with Crippen molar-refractivity contribution in [3.8, 4) is 11.4 Å². The molecule has 0 spiro atoms. The van der Waals surface area contributed by atoms with Gasteiger partial charge in [0.1, 0.15) is 5.82 Å². The Morgan fingerprint density at radius 2 is 1.77 bits per heavy atom. The highest BCUT2D eigenvalue weighted by atomic mass is 19.4. The zero-order valence-electron chi connectivity index (χ0n) is 16.9. The van der Waals surface area contributed by atoms with Crippen LogP contribution in [-0.4, -0.2) is 34.4 Å². The van der Waals surface area contributed by atoms with E-state index in [4.69, 9.17) is 0 Å². The zero-order chi connectivity index (χ0) is 22.3. The van der Waals surface area contributed by atoms with Gasteiger partial charge in [0, 0.05) is 37.5 Å². The van der Waals surface area contributed by atoms with Crippen LogP contribution in [0.25, 0.3) is 11.4 Å². The molecule has 0 unspecified atom stereocenters. The highest BCUT2D eigenvalue weighted by Crippen LogP contribution is 2.35. The average molecular weight is 429 g/mol. The van der Waals surface area contributed by atoms with Crippen molar-refractivity contribution in [2.75, 3.05) is 13.6 Å². The van der Waals surface area contributed by atoms with Crippen LogP contribution >= 0.6 is 0 Å². The van der Waals surface area contributed by atoms with Crippen molar-refractivity contribution in [1.29, 1.82) is 0 Å². The Hall–Kier alpha value is -3.29. The molecule has 31 heavy (non-hydrogen) atoms. The molecule has 0 bridgehead atoms. The molecule has 0 N–H and O–H groups in total. The molecule has 0 fully saturated rings. The predicted molar refractivity (Wildman–Crippen MR) is 107 cm³/mol. The molecule has 1 amide bonds. The normalized spacial score (nSPS) is 15.0. The Balaban J connectivity index is 1.74. The van der Waals surface area contributed by atoms with Crippen molar-refractivity contribution in [2.24, 2.45) is 0 Å². The molecule has 1 aromatic carbocycles. The molecular formula is C23H19F4N3O. The summed E-state index contributed by atoms with van der Waals surface area (Å²) >= 11 is 0. The Kier molecular flexibility index (Phi) is 5.24. The molecule has 0 aliphatic carbocycles. The molecule has 1 aliphatic heterocycles. The fraction of sp³-hybridized carbons (Fsp3) is 0.261. The first kappa shape index (κ1) is 21.0. The smallest absolute Gasteiger partial charge is 0.341 e. The van der Waals surface area contributed by atoms with E-state index >= 15 is 0 Å². The number of aromatic nitrogens is 2. The molecule has 0 radical (unpaired) electrons. The van der Waals surface area contributed by atoms with Crippen LogP contribution in [0.5, 0.6) is 0 Å². The van der Waals surface area contributed by atoms with E-state index in [0.29, 0.717) is 41.5 Å². The summed E-state index contributed by atoms with van der Waals surface area (Å²) < 4.78 is 53.2. The molecule has 160 valence electrons. The van der Waals surface area contributed by atoms with Crippen LogP contribution in [0.3, 0.4) is 0 Å². The standard InChI is InChI=1S/C23H19F4N3O/c1-13(15-9-16(23(25,26)27)12-17(24)10-15)14-3-6-28-20(11-14)21-18-5-8-30(2)22(31)19(18)4-7-29-21/h3-4,6-7,9-13H,5,8H2,1-2H3/t13-/m1/s1. The fourth-order valence-corrected chi connectivity index (χ4v) is 3.82. The maximum atomic E-state index is 13.9. The van der Waals surface area contributed by atoms with Crippen molar-refractivity contribution in [3.05, 3.63) is 82.4 Å². The fourth-order valence-electron chi connectivity index (χ4n) is 3.82. The molecule has 3 heterocycles. The predicted octanol–water partition coefficient (Wildman–Crippen LogP) is 5.08. The average Bonchev–Trinajstić information content (AvgIpc) is 2.74. The summed E-state index contributed by atoms with van der Waals surface area (Å²) in [6.45, 7) is 2.27. The number of amides is 1. The lowest BCUT2D eigenvalue weighted by Crippen LogP contribution is -2.34. The molecule has 2 aromatic heterocycles. The topological polar surface area (TPSA) is 46.1 Å². The van der Waals surface area contributed by atoms with Crippen molar-refractivity contribution in [1.82, 2.24) is 14.9 Å². The van der Waals surface area contributed by atoms with Gasteiger partial charge in [0.05, 0.1) is 17.0 Å². The molecule has 4 rings (SSSR count). The number of pyridine rings is 2. The third-order valence-corrected chi connectivity index (χ3v) is 5.60. The van der Waals surface area contributed by atoms with Gasteiger partial charge < -0.3 is 4.90 Å². The van der Waals surface area contributed by atoms with E-state index in [1.165, 1.54) is 0 Å². The highest BCUT2D eigenvalue weighted by molar-refractivity contribution is 5.98. The van der Waals surface area contributed by atoms with Crippen molar-refractivity contribution < 1.29 is 22.4 Å². The Labute approximate surface area is 176 Å². The van der Waals surface area contributed by atoms with Crippen molar-refractivity contribution >= 4 is 5.91 Å². The van der Waals surface area contributed by atoms with Gasteiger partial charge in [-0.15, -0.1) is 0 Å². The second-order valence-corrected chi connectivity index (χ2v) is 7.63. The number of likely N-dealkylation sites (N-methyl/N-ethyl adjacent to an activating group) is 1. The number of nitrogens with zero attached hydrogens (tertiary/aromatic N) is 3. The van der Waals surface area contributed by atoms with Crippen LogP contribution in [0.1, 0.15) is 45.5 Å². The SMILES string of the molecule is C[C@@H](c1cc(F)cc(C(F)(F)F)c1)c1ccnc(-c2nccc3c2CCN(C)C3=O)c1. The number of carbonyl (C=O) groups is 1. The van der Waals surface area contributed by atoms with Crippen molar-refractivity contribution in [3.63, 3.8) is 0 Å². The third-order valence-electron chi connectivity index (χ3n) is 5.60. The number of hydrogen-bond donors (Lipinski definition) is 0. The molecule has 4 nitrogen and oxygen atoms in total. The van der Waals surface area contributed by atoms with Crippen molar-refractivity contribution in [2.45, 2.75) is 25.4 Å². The lowest BCUT2D eigenvalue weighted by Gasteiger charge is -2.26. The van der Waals surface area contributed by atoms with Crippen LogP contribution in [-0.2, 0) is 12.6 Å². The van der Waals surface area contributed by atoms with E-state index in [1.807, 2.05) is 0 Å². The zero-order valence-corrected chi connectivity index (χ0v) is 16.9. The van der Waals surface area contributed by atoms with Crippen LogP contribution < -0.4 is 0 Å². The van der Waals surface area contributed by atoms with Gasteiger partial charge in [-0.2, -0.15) is 13.2 Å². The number of carbonyl (C=O) groups excluding carboxylic acids is 1.